The average molecular weight is 548 g/mol. The Kier molecular flexibility index (Phi) is 8.24. The van der Waals surface area contributed by atoms with Gasteiger partial charge in [0.2, 0.25) is 0 Å². The van der Waals surface area contributed by atoms with E-state index in [0.717, 1.165) is 115 Å². The minimum atomic E-state index is -0.0706. The predicted molar refractivity (Wildman–Crippen MR) is 160 cm³/mol. The number of carbonyl (C=O) groups is 1. The van der Waals surface area contributed by atoms with Crippen LogP contribution >= 0.6 is 8.58 Å². The number of hydrogen-bond donors (Lipinski definition) is 1. The number of allylic oxidation sites excluding steroid dienone is 1. The molecule has 2 atom stereocenters. The lowest BCUT2D eigenvalue weighted by atomic mass is 9.98. The molecule has 0 bridgehead atoms. The van der Waals surface area contributed by atoms with E-state index in [2.05, 4.69) is 32.9 Å². The molecule has 2 saturated heterocycles. The number of aromatic nitrogens is 1. The zero-order valence-electron chi connectivity index (χ0n) is 22.5. The van der Waals surface area contributed by atoms with E-state index in [1.807, 2.05) is 29.3 Å². The quantitative estimate of drug-likeness (QED) is 0.583. The maximum atomic E-state index is 13.6. The van der Waals surface area contributed by atoms with Crippen molar-refractivity contribution < 1.29 is 9.53 Å². The van der Waals surface area contributed by atoms with Crippen molar-refractivity contribution in [2.24, 2.45) is 5.10 Å². The Morgan fingerprint density at radius 3 is 2.79 bits per heavy atom. The van der Waals surface area contributed by atoms with Gasteiger partial charge in [-0.1, -0.05) is 26.5 Å². The van der Waals surface area contributed by atoms with Crippen LogP contribution < -0.4 is 10.6 Å². The number of piperazine rings is 1. The monoisotopic (exact) mass is 547 g/mol. The number of anilines is 1. The topological polar surface area (TPSA) is 81.2 Å². The highest BCUT2D eigenvalue weighted by Gasteiger charge is 2.28. The molecule has 0 aliphatic carbocycles. The van der Waals surface area contributed by atoms with E-state index in [4.69, 9.17) is 9.84 Å². The van der Waals surface area contributed by atoms with Gasteiger partial charge in [-0.05, 0) is 62.0 Å². The highest BCUT2D eigenvalue weighted by Crippen LogP contribution is 2.35. The molecular formula is C30H38N5O3P. The SMILES string of the molecule is O=C(c1ccc2[nH]c(=O)c3c(c2c1)N(C1CCCCOCCC1)N=CC3)N1CCN(CC2=CPCC=C2)CC1. The van der Waals surface area contributed by atoms with Crippen LogP contribution in [0.2, 0.25) is 0 Å². The van der Waals surface area contributed by atoms with E-state index in [-0.39, 0.29) is 17.5 Å². The number of hydrazone groups is 1. The van der Waals surface area contributed by atoms with Crippen LogP contribution in [0.15, 0.2) is 51.6 Å². The second-order valence-electron chi connectivity index (χ2n) is 10.9. The van der Waals surface area contributed by atoms with Gasteiger partial charge in [0.15, 0.2) is 0 Å². The summed E-state index contributed by atoms with van der Waals surface area (Å²) < 4.78 is 5.73. The first-order valence-corrected chi connectivity index (χ1v) is 15.6. The Balaban J connectivity index is 1.24. The molecule has 0 saturated carbocycles. The van der Waals surface area contributed by atoms with Crippen molar-refractivity contribution in [3.8, 4) is 0 Å². The molecule has 0 spiro atoms. The Hall–Kier alpha value is -2.80. The number of fused-ring (bicyclic) bond motifs is 3. The highest BCUT2D eigenvalue weighted by molar-refractivity contribution is 7.42. The lowest BCUT2D eigenvalue weighted by molar-refractivity contribution is 0.0648. The van der Waals surface area contributed by atoms with E-state index in [1.165, 1.54) is 5.57 Å². The van der Waals surface area contributed by atoms with Crippen molar-refractivity contribution in [3.63, 3.8) is 0 Å². The van der Waals surface area contributed by atoms with Crippen molar-refractivity contribution in [3.05, 3.63) is 63.2 Å². The predicted octanol–water partition coefficient (Wildman–Crippen LogP) is 4.12. The first kappa shape index (κ1) is 26.4. The molecule has 1 amide bonds. The molecule has 0 radical (unpaired) electrons. The second-order valence-corrected chi connectivity index (χ2v) is 12.0. The van der Waals surface area contributed by atoms with Crippen molar-refractivity contribution in [1.82, 2.24) is 14.8 Å². The third-order valence-electron chi connectivity index (χ3n) is 8.23. The van der Waals surface area contributed by atoms with Gasteiger partial charge < -0.3 is 14.6 Å². The lowest BCUT2D eigenvalue weighted by Crippen LogP contribution is -2.49. The minimum Gasteiger partial charge on any atom is -0.381 e. The Bertz CT molecular complexity index is 1350. The first-order chi connectivity index (χ1) is 19.2. The van der Waals surface area contributed by atoms with Gasteiger partial charge in [0, 0.05) is 75.1 Å². The third kappa shape index (κ3) is 5.88. The molecule has 1 N–H and O–H groups in total. The molecule has 4 aliphatic rings. The summed E-state index contributed by atoms with van der Waals surface area (Å²) in [6.07, 6.45) is 13.1. The van der Waals surface area contributed by atoms with E-state index in [9.17, 15) is 9.59 Å². The number of ether oxygens (including phenoxy) is 1. The van der Waals surface area contributed by atoms with Gasteiger partial charge in [-0.3, -0.25) is 19.5 Å². The van der Waals surface area contributed by atoms with Gasteiger partial charge in [-0.2, -0.15) is 5.10 Å². The van der Waals surface area contributed by atoms with Crippen molar-refractivity contribution >= 4 is 37.3 Å². The lowest BCUT2D eigenvalue weighted by Gasteiger charge is -2.35. The van der Waals surface area contributed by atoms with Gasteiger partial charge in [0.25, 0.3) is 11.5 Å². The number of pyridine rings is 1. The molecule has 5 heterocycles. The summed E-state index contributed by atoms with van der Waals surface area (Å²) >= 11 is 0. The summed E-state index contributed by atoms with van der Waals surface area (Å²) in [5.74, 6) is 2.41. The van der Waals surface area contributed by atoms with E-state index < -0.39 is 0 Å². The molecule has 206 valence electrons. The normalized spacial score (nSPS) is 23.3. The Labute approximate surface area is 231 Å². The minimum absolute atomic E-state index is 0.0558. The number of rotatable bonds is 4. The molecule has 2 fully saturated rings. The largest absolute Gasteiger partial charge is 0.381 e. The summed E-state index contributed by atoms with van der Waals surface area (Å²) in [6.45, 7) is 5.74. The van der Waals surface area contributed by atoms with Crippen LogP contribution in [0.5, 0.6) is 0 Å². The molecule has 9 heteroatoms. The number of aromatic amines is 1. The summed E-state index contributed by atoms with van der Waals surface area (Å²) in [4.78, 5) is 34.2. The number of nitrogens with zero attached hydrogens (tertiary/aromatic N) is 4. The highest BCUT2D eigenvalue weighted by atomic mass is 31.1. The zero-order valence-corrected chi connectivity index (χ0v) is 23.5. The number of amides is 1. The number of benzene rings is 1. The molecule has 6 rings (SSSR count). The molecule has 8 nitrogen and oxygen atoms in total. The van der Waals surface area contributed by atoms with E-state index >= 15 is 0 Å². The van der Waals surface area contributed by atoms with Gasteiger partial charge in [0.1, 0.15) is 0 Å². The smallest absolute Gasteiger partial charge is 0.254 e. The van der Waals surface area contributed by atoms with Gasteiger partial charge >= 0.3 is 0 Å². The standard InChI is InChI=1S/C30H38N5O3P/c36-29-25-10-11-31-35(24-6-1-2-16-38-17-3-7-24)28(25)26-19-23(8-9-27(26)32-29)30(37)34-14-12-33(13-15-34)20-22-5-4-18-39-21-22/h4-5,8-9,11,19,21,24,39H,1-3,6-7,10,12-18,20H2,(H,32,36). The second kappa shape index (κ2) is 12.2. The van der Waals surface area contributed by atoms with Gasteiger partial charge in [-0.15, -0.1) is 0 Å². The van der Waals surface area contributed by atoms with Crippen LogP contribution in [0, 0.1) is 0 Å². The summed E-state index contributed by atoms with van der Waals surface area (Å²) in [5, 5.41) is 7.79. The van der Waals surface area contributed by atoms with Crippen LogP contribution in [-0.4, -0.2) is 85.0 Å². The average Bonchev–Trinajstić information content (AvgIpc) is 3.12. The fraction of sp³-hybridized carbons (Fsp3) is 0.500. The molecule has 1 aromatic carbocycles. The molecule has 2 aromatic rings. The van der Waals surface area contributed by atoms with Gasteiger partial charge in [0.05, 0.1) is 17.2 Å². The summed E-state index contributed by atoms with van der Waals surface area (Å²) in [6, 6.07) is 5.92. The molecule has 4 aliphatic heterocycles. The molecule has 1 aromatic heterocycles. The molecule has 39 heavy (non-hydrogen) atoms. The van der Waals surface area contributed by atoms with E-state index in [1.54, 1.807) is 0 Å². The number of carbonyl (C=O) groups excluding carboxylic acids is 1. The van der Waals surface area contributed by atoms with Crippen LogP contribution in [0.25, 0.3) is 10.9 Å². The van der Waals surface area contributed by atoms with Crippen molar-refractivity contribution in [2.75, 3.05) is 57.1 Å². The first-order valence-electron chi connectivity index (χ1n) is 14.4. The maximum Gasteiger partial charge on any atom is 0.254 e. The maximum absolute atomic E-state index is 13.6. The fourth-order valence-corrected chi connectivity index (χ4v) is 6.94. The Morgan fingerprint density at radius 1 is 1.10 bits per heavy atom. The van der Waals surface area contributed by atoms with Crippen molar-refractivity contribution in [1.29, 1.82) is 0 Å². The van der Waals surface area contributed by atoms with Crippen molar-refractivity contribution in [2.45, 2.75) is 44.6 Å². The summed E-state index contributed by atoms with van der Waals surface area (Å²) in [5.41, 5.74) is 4.35. The van der Waals surface area contributed by atoms with Crippen LogP contribution in [0.1, 0.15) is 48.0 Å². The van der Waals surface area contributed by atoms with Crippen LogP contribution in [0.4, 0.5) is 5.69 Å². The molecule has 2 unspecified atom stereocenters. The Morgan fingerprint density at radius 2 is 1.95 bits per heavy atom. The van der Waals surface area contributed by atoms with E-state index in [0.29, 0.717) is 12.0 Å². The third-order valence-corrected chi connectivity index (χ3v) is 9.28. The fourth-order valence-electron chi connectivity index (χ4n) is 6.12. The van der Waals surface area contributed by atoms with Crippen LogP contribution in [-0.2, 0) is 11.2 Å². The number of nitrogens with one attached hydrogen (secondary N) is 1. The van der Waals surface area contributed by atoms with Gasteiger partial charge in [-0.25, -0.2) is 0 Å². The number of hydrogen-bond acceptors (Lipinski definition) is 6. The van der Waals surface area contributed by atoms with Crippen LogP contribution in [0.3, 0.4) is 0 Å². The molecular weight excluding hydrogens is 509 g/mol. The zero-order chi connectivity index (χ0) is 26.6. The summed E-state index contributed by atoms with van der Waals surface area (Å²) in [7, 11) is 0.886. The number of H-pyrrole nitrogens is 1.